The summed E-state index contributed by atoms with van der Waals surface area (Å²) in [6, 6.07) is 8.58. The Balaban J connectivity index is 2.18. The average Bonchev–Trinajstić information content (AvgIpc) is 2.78. The number of halogens is 3. The van der Waals surface area contributed by atoms with E-state index in [1.165, 1.54) is 0 Å². The molecule has 1 atom stereocenters. The minimum atomic E-state index is -4.52. The van der Waals surface area contributed by atoms with Crippen molar-refractivity contribution in [2.24, 2.45) is 5.41 Å². The van der Waals surface area contributed by atoms with E-state index in [0.29, 0.717) is 5.39 Å². The normalized spacial score (nSPS) is 19.2. The number of benzene rings is 2. The van der Waals surface area contributed by atoms with Crippen molar-refractivity contribution < 1.29 is 18.0 Å². The molecule has 0 aromatic heterocycles. The third-order valence-electron chi connectivity index (χ3n) is 4.96. The summed E-state index contributed by atoms with van der Waals surface area (Å²) in [7, 11) is 0. The fourth-order valence-corrected chi connectivity index (χ4v) is 3.58. The molecule has 3 nitrogen and oxygen atoms in total. The molecule has 3 rings (SSSR count). The number of nitrogens with one attached hydrogen (secondary N) is 1. The number of nitrogens with zero attached hydrogens (tertiary/aromatic N) is 1. The highest BCUT2D eigenvalue weighted by Crippen LogP contribution is 2.43. The molecule has 2 aromatic rings. The molecular formula is C20H23F3N2O. The van der Waals surface area contributed by atoms with Gasteiger partial charge in [-0.2, -0.15) is 13.2 Å². The van der Waals surface area contributed by atoms with Gasteiger partial charge in [0.15, 0.2) is 6.04 Å². The van der Waals surface area contributed by atoms with Gasteiger partial charge in [-0.1, -0.05) is 50.2 Å². The molecule has 1 aliphatic rings. The standard InChI is InChI=1S/C20H23F3N2O/c1-12(2)13-9-10-16(15-8-6-5-7-14(13)15)17(20(21,22)23)25-11-19(3,4)18(26)24-25/h5-10,12,17H,11H2,1-4H3,(H,24,26). The summed E-state index contributed by atoms with van der Waals surface area (Å²) < 4.78 is 42.1. The highest BCUT2D eigenvalue weighted by molar-refractivity contribution is 5.90. The predicted molar refractivity (Wildman–Crippen MR) is 95.5 cm³/mol. The van der Waals surface area contributed by atoms with Crippen LogP contribution in [0.2, 0.25) is 0 Å². The van der Waals surface area contributed by atoms with Gasteiger partial charge in [-0.05, 0) is 41.7 Å². The van der Waals surface area contributed by atoms with Crippen molar-refractivity contribution >= 4 is 16.7 Å². The number of fused-ring (bicyclic) bond motifs is 1. The second kappa shape index (κ2) is 6.27. The molecule has 0 spiro atoms. The van der Waals surface area contributed by atoms with E-state index in [1.54, 1.807) is 38.1 Å². The number of alkyl halides is 3. The number of hydrazine groups is 1. The van der Waals surface area contributed by atoms with Gasteiger partial charge in [0.2, 0.25) is 5.91 Å². The van der Waals surface area contributed by atoms with Gasteiger partial charge < -0.3 is 0 Å². The number of carbonyl (C=O) groups excluding carboxylic acids is 1. The maximum Gasteiger partial charge on any atom is 0.409 e. The summed E-state index contributed by atoms with van der Waals surface area (Å²) in [5, 5.41) is 2.41. The van der Waals surface area contributed by atoms with Gasteiger partial charge in [-0.25, -0.2) is 5.01 Å². The molecule has 1 fully saturated rings. The van der Waals surface area contributed by atoms with Crippen LogP contribution in [0.25, 0.3) is 10.8 Å². The van der Waals surface area contributed by atoms with Gasteiger partial charge in [-0.15, -0.1) is 0 Å². The Morgan fingerprint density at radius 3 is 2.04 bits per heavy atom. The SMILES string of the molecule is CC(C)c1ccc(C(N2CC(C)(C)C(=O)N2)C(F)(F)F)c2ccccc12. The molecule has 1 heterocycles. The molecule has 1 N–H and O–H groups in total. The summed E-state index contributed by atoms with van der Waals surface area (Å²) in [5.74, 6) is -0.196. The van der Waals surface area contributed by atoms with E-state index in [4.69, 9.17) is 0 Å². The minimum absolute atomic E-state index is 0.00370. The topological polar surface area (TPSA) is 32.3 Å². The first-order valence-corrected chi connectivity index (χ1v) is 8.68. The Morgan fingerprint density at radius 2 is 1.58 bits per heavy atom. The minimum Gasteiger partial charge on any atom is -0.287 e. The van der Waals surface area contributed by atoms with E-state index in [2.05, 4.69) is 5.43 Å². The molecule has 140 valence electrons. The summed E-state index contributed by atoms with van der Waals surface area (Å²) in [6.45, 7) is 7.33. The summed E-state index contributed by atoms with van der Waals surface area (Å²) in [6.07, 6.45) is -4.52. The zero-order valence-corrected chi connectivity index (χ0v) is 15.3. The van der Waals surface area contributed by atoms with Crippen molar-refractivity contribution in [3.63, 3.8) is 0 Å². The first kappa shape index (κ1) is 18.7. The largest absolute Gasteiger partial charge is 0.409 e. The van der Waals surface area contributed by atoms with Crippen LogP contribution in [0.3, 0.4) is 0 Å². The summed E-state index contributed by atoms with van der Waals surface area (Å²) in [4.78, 5) is 12.1. The Labute approximate surface area is 151 Å². The van der Waals surface area contributed by atoms with Crippen LogP contribution >= 0.6 is 0 Å². The van der Waals surface area contributed by atoms with Gasteiger partial charge in [0.05, 0.1) is 5.41 Å². The molecule has 1 unspecified atom stereocenters. The van der Waals surface area contributed by atoms with Crippen LogP contribution in [-0.2, 0) is 4.79 Å². The molecule has 1 amide bonds. The third kappa shape index (κ3) is 3.18. The maximum atomic E-state index is 14.0. The van der Waals surface area contributed by atoms with Crippen LogP contribution in [0.5, 0.6) is 0 Å². The molecule has 1 saturated heterocycles. The summed E-state index contributed by atoms with van der Waals surface area (Å²) in [5.41, 5.74) is 2.73. The van der Waals surface area contributed by atoms with Crippen molar-refractivity contribution in [3.8, 4) is 0 Å². The number of rotatable bonds is 3. The molecule has 1 aliphatic heterocycles. The lowest BCUT2D eigenvalue weighted by molar-refractivity contribution is -0.191. The summed E-state index contributed by atoms with van der Waals surface area (Å²) >= 11 is 0. The maximum absolute atomic E-state index is 14.0. The monoisotopic (exact) mass is 364 g/mol. The Kier molecular flexibility index (Phi) is 4.51. The van der Waals surface area contributed by atoms with Crippen molar-refractivity contribution in [2.45, 2.75) is 45.8 Å². The van der Waals surface area contributed by atoms with Gasteiger partial charge in [0.25, 0.3) is 0 Å². The van der Waals surface area contributed by atoms with Crippen molar-refractivity contribution in [3.05, 3.63) is 47.5 Å². The van der Waals surface area contributed by atoms with Gasteiger partial charge in [0, 0.05) is 6.54 Å². The Hall–Kier alpha value is -2.08. The highest BCUT2D eigenvalue weighted by Gasteiger charge is 2.51. The molecule has 0 bridgehead atoms. The quantitative estimate of drug-likeness (QED) is 0.837. The van der Waals surface area contributed by atoms with Gasteiger partial charge in [-0.3, -0.25) is 10.2 Å². The van der Waals surface area contributed by atoms with Crippen LogP contribution in [0.15, 0.2) is 36.4 Å². The molecular weight excluding hydrogens is 341 g/mol. The Morgan fingerprint density at radius 1 is 1.04 bits per heavy atom. The van der Waals surface area contributed by atoms with E-state index < -0.39 is 23.5 Å². The van der Waals surface area contributed by atoms with Crippen LogP contribution < -0.4 is 5.43 Å². The van der Waals surface area contributed by atoms with Crippen LogP contribution in [0, 0.1) is 5.41 Å². The highest BCUT2D eigenvalue weighted by atomic mass is 19.4. The van der Waals surface area contributed by atoms with Crippen molar-refractivity contribution in [2.75, 3.05) is 6.54 Å². The van der Waals surface area contributed by atoms with E-state index in [9.17, 15) is 18.0 Å². The number of hydrogen-bond donors (Lipinski definition) is 1. The van der Waals surface area contributed by atoms with E-state index >= 15 is 0 Å². The van der Waals surface area contributed by atoms with Crippen LogP contribution in [0.4, 0.5) is 13.2 Å². The lowest BCUT2D eigenvalue weighted by atomic mass is 9.89. The Bertz CT molecular complexity index is 843. The van der Waals surface area contributed by atoms with Crippen LogP contribution in [-0.4, -0.2) is 23.6 Å². The van der Waals surface area contributed by atoms with E-state index in [0.717, 1.165) is 16.0 Å². The lowest BCUT2D eigenvalue weighted by Gasteiger charge is -2.31. The number of hydrogen-bond acceptors (Lipinski definition) is 2. The smallest absolute Gasteiger partial charge is 0.287 e. The average molecular weight is 364 g/mol. The fourth-order valence-electron chi connectivity index (χ4n) is 3.58. The zero-order chi connectivity index (χ0) is 19.3. The first-order chi connectivity index (χ1) is 12.0. The molecule has 6 heteroatoms. The number of amides is 1. The van der Waals surface area contributed by atoms with E-state index in [1.807, 2.05) is 26.0 Å². The molecule has 0 saturated carbocycles. The molecule has 2 aromatic carbocycles. The second-order valence-electron chi connectivity index (χ2n) is 7.84. The van der Waals surface area contributed by atoms with Crippen molar-refractivity contribution in [1.82, 2.24) is 10.4 Å². The fraction of sp³-hybridized carbons (Fsp3) is 0.450. The number of carbonyl (C=O) groups is 1. The van der Waals surface area contributed by atoms with E-state index in [-0.39, 0.29) is 18.0 Å². The predicted octanol–water partition coefficient (Wildman–Crippen LogP) is 4.94. The van der Waals surface area contributed by atoms with Gasteiger partial charge >= 0.3 is 6.18 Å². The molecule has 0 radical (unpaired) electrons. The van der Waals surface area contributed by atoms with Gasteiger partial charge in [0.1, 0.15) is 0 Å². The van der Waals surface area contributed by atoms with Crippen LogP contribution in [0.1, 0.15) is 50.8 Å². The lowest BCUT2D eigenvalue weighted by Crippen LogP contribution is -2.43. The first-order valence-electron chi connectivity index (χ1n) is 8.68. The zero-order valence-electron chi connectivity index (χ0n) is 15.3. The third-order valence-corrected chi connectivity index (χ3v) is 4.96. The second-order valence-corrected chi connectivity index (χ2v) is 7.84. The molecule has 26 heavy (non-hydrogen) atoms. The van der Waals surface area contributed by atoms with Crippen molar-refractivity contribution in [1.29, 1.82) is 0 Å². The molecule has 0 aliphatic carbocycles.